The third-order valence-corrected chi connectivity index (χ3v) is 2.15. The van der Waals surface area contributed by atoms with Crippen molar-refractivity contribution in [3.8, 4) is 0 Å². The molecule has 0 saturated carbocycles. The molecular formula is C9H9ClN2O2. The number of hydrogen-bond donors (Lipinski definition) is 1. The molecule has 1 aromatic heterocycles. The Balaban J connectivity index is 2.54. The van der Waals surface area contributed by atoms with Crippen LogP contribution in [0.5, 0.6) is 0 Å². The molecule has 1 aromatic carbocycles. The van der Waals surface area contributed by atoms with E-state index >= 15 is 0 Å². The number of benzene rings is 1. The highest BCUT2D eigenvalue weighted by Crippen LogP contribution is 2.26. The smallest absolute Gasteiger partial charge is 0.221 e. The topological polar surface area (TPSA) is 61.3 Å². The Bertz CT molecular complexity index is 428. The molecule has 74 valence electrons. The summed E-state index contributed by atoms with van der Waals surface area (Å²) in [7, 11) is 1.58. The van der Waals surface area contributed by atoms with E-state index in [1.54, 1.807) is 19.2 Å². The van der Waals surface area contributed by atoms with Gasteiger partial charge in [-0.1, -0.05) is 11.6 Å². The van der Waals surface area contributed by atoms with Gasteiger partial charge >= 0.3 is 0 Å². The van der Waals surface area contributed by atoms with Crippen molar-refractivity contribution >= 4 is 28.4 Å². The summed E-state index contributed by atoms with van der Waals surface area (Å²) < 4.78 is 10.3. The van der Waals surface area contributed by atoms with Crippen LogP contribution in [-0.4, -0.2) is 12.1 Å². The molecule has 4 nitrogen and oxygen atoms in total. The van der Waals surface area contributed by atoms with Crippen molar-refractivity contribution in [2.24, 2.45) is 0 Å². The molecule has 0 atom stereocenters. The number of ether oxygens (including phenoxy) is 1. The average molecular weight is 213 g/mol. The first kappa shape index (κ1) is 9.30. The Morgan fingerprint density at radius 2 is 2.36 bits per heavy atom. The molecule has 0 radical (unpaired) electrons. The highest BCUT2D eigenvalue weighted by atomic mass is 35.5. The molecule has 0 amide bonds. The Morgan fingerprint density at radius 1 is 1.57 bits per heavy atom. The second-order valence-electron chi connectivity index (χ2n) is 2.88. The van der Waals surface area contributed by atoms with E-state index < -0.39 is 0 Å². The molecule has 14 heavy (non-hydrogen) atoms. The summed E-state index contributed by atoms with van der Waals surface area (Å²) in [6.45, 7) is 0.339. The standard InChI is InChI=1S/C9H9ClN2O2/c1-13-4-9-12-7-3-6(11)5(10)2-8(7)14-9/h2-3H,4,11H2,1H3. The normalized spacial score (nSPS) is 11.0. The lowest BCUT2D eigenvalue weighted by atomic mass is 10.3. The molecule has 0 fully saturated rings. The summed E-state index contributed by atoms with van der Waals surface area (Å²) in [6.07, 6.45) is 0. The van der Waals surface area contributed by atoms with Crippen LogP contribution in [-0.2, 0) is 11.3 Å². The van der Waals surface area contributed by atoms with E-state index in [1.165, 1.54) is 0 Å². The molecule has 0 spiro atoms. The predicted molar refractivity (Wildman–Crippen MR) is 54.1 cm³/mol. The van der Waals surface area contributed by atoms with Gasteiger partial charge in [0.2, 0.25) is 5.89 Å². The fourth-order valence-electron chi connectivity index (χ4n) is 1.20. The summed E-state index contributed by atoms with van der Waals surface area (Å²) in [6, 6.07) is 3.33. The Hall–Kier alpha value is -1.26. The minimum atomic E-state index is 0.339. The van der Waals surface area contributed by atoms with Gasteiger partial charge in [0, 0.05) is 13.2 Å². The van der Waals surface area contributed by atoms with E-state index in [0.29, 0.717) is 34.3 Å². The second kappa shape index (κ2) is 3.48. The van der Waals surface area contributed by atoms with Crippen LogP contribution in [0.2, 0.25) is 5.02 Å². The van der Waals surface area contributed by atoms with E-state index in [1.807, 2.05) is 0 Å². The van der Waals surface area contributed by atoms with Gasteiger partial charge in [-0.15, -0.1) is 0 Å². The van der Waals surface area contributed by atoms with Crippen LogP contribution >= 0.6 is 11.6 Å². The fraction of sp³-hybridized carbons (Fsp3) is 0.222. The van der Waals surface area contributed by atoms with Gasteiger partial charge in [-0.05, 0) is 6.07 Å². The van der Waals surface area contributed by atoms with Crippen LogP contribution in [0.25, 0.3) is 11.1 Å². The number of anilines is 1. The molecule has 0 aliphatic carbocycles. The molecule has 0 bridgehead atoms. The van der Waals surface area contributed by atoms with E-state index in [-0.39, 0.29) is 0 Å². The quantitative estimate of drug-likeness (QED) is 0.776. The molecule has 0 saturated heterocycles. The van der Waals surface area contributed by atoms with Crippen LogP contribution in [0.1, 0.15) is 5.89 Å². The summed E-state index contributed by atoms with van der Waals surface area (Å²) in [5.41, 5.74) is 7.44. The van der Waals surface area contributed by atoms with Crippen LogP contribution in [0.3, 0.4) is 0 Å². The molecule has 1 heterocycles. The van der Waals surface area contributed by atoms with Gasteiger partial charge in [0.1, 0.15) is 12.1 Å². The van der Waals surface area contributed by atoms with Crippen LogP contribution in [0, 0.1) is 0 Å². The Labute approximate surface area is 85.6 Å². The van der Waals surface area contributed by atoms with Gasteiger partial charge in [-0.3, -0.25) is 0 Å². The zero-order valence-electron chi connectivity index (χ0n) is 7.58. The average Bonchev–Trinajstić information content (AvgIpc) is 2.48. The molecule has 2 aromatic rings. The van der Waals surface area contributed by atoms with Crippen LogP contribution in [0.4, 0.5) is 5.69 Å². The number of hydrogen-bond acceptors (Lipinski definition) is 4. The largest absolute Gasteiger partial charge is 0.438 e. The maximum Gasteiger partial charge on any atom is 0.221 e. The Morgan fingerprint density at radius 3 is 3.07 bits per heavy atom. The minimum absolute atomic E-state index is 0.339. The van der Waals surface area contributed by atoms with Crippen LogP contribution < -0.4 is 5.73 Å². The van der Waals surface area contributed by atoms with Gasteiger partial charge in [-0.2, -0.15) is 0 Å². The molecule has 2 N–H and O–H groups in total. The monoisotopic (exact) mass is 212 g/mol. The summed E-state index contributed by atoms with van der Waals surface area (Å²) in [5.74, 6) is 0.518. The third-order valence-electron chi connectivity index (χ3n) is 1.82. The first-order chi connectivity index (χ1) is 6.70. The number of nitrogens with zero attached hydrogens (tertiary/aromatic N) is 1. The number of halogens is 1. The van der Waals surface area contributed by atoms with E-state index in [2.05, 4.69) is 4.98 Å². The SMILES string of the molecule is COCc1nc2cc(N)c(Cl)cc2o1. The lowest BCUT2D eigenvalue weighted by Gasteiger charge is -1.94. The van der Waals surface area contributed by atoms with Gasteiger partial charge in [0.05, 0.1) is 10.7 Å². The number of aromatic nitrogens is 1. The van der Waals surface area contributed by atoms with Crippen molar-refractivity contribution in [1.29, 1.82) is 0 Å². The maximum atomic E-state index is 5.83. The van der Waals surface area contributed by atoms with Crippen molar-refractivity contribution in [2.75, 3.05) is 12.8 Å². The zero-order chi connectivity index (χ0) is 10.1. The molecular weight excluding hydrogens is 204 g/mol. The summed E-state index contributed by atoms with van der Waals surface area (Å²) in [5, 5.41) is 0.470. The minimum Gasteiger partial charge on any atom is -0.438 e. The number of nitrogen functional groups attached to an aromatic ring is 1. The maximum absolute atomic E-state index is 5.83. The van der Waals surface area contributed by atoms with E-state index in [0.717, 1.165) is 0 Å². The van der Waals surface area contributed by atoms with Crippen molar-refractivity contribution in [3.63, 3.8) is 0 Å². The third kappa shape index (κ3) is 1.54. The summed E-state index contributed by atoms with van der Waals surface area (Å²) in [4.78, 5) is 4.17. The number of nitrogens with two attached hydrogens (primary N) is 1. The van der Waals surface area contributed by atoms with Crippen molar-refractivity contribution < 1.29 is 9.15 Å². The molecule has 5 heteroatoms. The van der Waals surface area contributed by atoms with Crippen LogP contribution in [0.15, 0.2) is 16.5 Å². The number of methoxy groups -OCH3 is 1. The first-order valence-corrected chi connectivity index (χ1v) is 4.42. The highest BCUT2D eigenvalue weighted by Gasteiger charge is 2.07. The van der Waals surface area contributed by atoms with Crippen molar-refractivity contribution in [2.45, 2.75) is 6.61 Å². The fourth-order valence-corrected chi connectivity index (χ4v) is 1.35. The van der Waals surface area contributed by atoms with Gasteiger partial charge in [-0.25, -0.2) is 4.98 Å². The van der Waals surface area contributed by atoms with Gasteiger partial charge in [0.25, 0.3) is 0 Å². The lowest BCUT2D eigenvalue weighted by molar-refractivity contribution is 0.161. The second-order valence-corrected chi connectivity index (χ2v) is 3.29. The first-order valence-electron chi connectivity index (χ1n) is 4.04. The highest BCUT2D eigenvalue weighted by molar-refractivity contribution is 6.33. The molecule has 2 rings (SSSR count). The molecule has 0 aliphatic rings. The van der Waals surface area contributed by atoms with E-state index in [4.69, 9.17) is 26.5 Å². The number of rotatable bonds is 2. The van der Waals surface area contributed by atoms with Crippen molar-refractivity contribution in [3.05, 3.63) is 23.0 Å². The molecule has 0 aliphatic heterocycles. The number of fused-ring (bicyclic) bond motifs is 1. The van der Waals surface area contributed by atoms with Gasteiger partial charge in [0.15, 0.2) is 5.58 Å². The van der Waals surface area contributed by atoms with E-state index in [9.17, 15) is 0 Å². The summed E-state index contributed by atoms with van der Waals surface area (Å²) >= 11 is 5.83. The lowest BCUT2D eigenvalue weighted by Crippen LogP contribution is -1.86. The zero-order valence-corrected chi connectivity index (χ0v) is 8.34. The number of oxazole rings is 1. The van der Waals surface area contributed by atoms with Gasteiger partial charge < -0.3 is 14.9 Å². The Kier molecular flexibility index (Phi) is 2.31. The molecule has 0 unspecified atom stereocenters. The predicted octanol–water partition coefficient (Wildman–Crippen LogP) is 2.21. The van der Waals surface area contributed by atoms with Crippen molar-refractivity contribution in [1.82, 2.24) is 4.98 Å².